The summed E-state index contributed by atoms with van der Waals surface area (Å²) in [7, 11) is 0. The van der Waals surface area contributed by atoms with Crippen LogP contribution in [0.4, 0.5) is 0 Å². The van der Waals surface area contributed by atoms with Crippen LogP contribution in [-0.4, -0.2) is 0 Å². The van der Waals surface area contributed by atoms with Crippen LogP contribution in [0.3, 0.4) is 0 Å². The first-order valence-electron chi connectivity index (χ1n) is 7.99. The molecule has 0 atom stereocenters. The van der Waals surface area contributed by atoms with E-state index in [1.165, 1.54) is 32.9 Å². The highest BCUT2D eigenvalue weighted by atomic mass is 15.1. The molecule has 0 spiro atoms. The van der Waals surface area contributed by atoms with Gasteiger partial charge in [-0.05, 0) is 37.1 Å². The minimum atomic E-state index is 0.807. The number of aryl methyl sites for hydroxylation is 2. The zero-order valence-corrected chi connectivity index (χ0v) is 13.5. The Morgan fingerprint density at radius 3 is 1.52 bits per heavy atom. The second-order valence-corrected chi connectivity index (χ2v) is 6.11. The molecule has 0 N–H and O–H groups in total. The molecule has 0 unspecified atom stereocenters. The number of para-hydroxylation sites is 2. The molecule has 0 bridgehead atoms. The van der Waals surface area contributed by atoms with E-state index in [2.05, 4.69) is 96.0 Å². The molecule has 2 nitrogen and oxygen atoms in total. The summed E-state index contributed by atoms with van der Waals surface area (Å²) >= 11 is 0. The number of aromatic nitrogens is 2. The molecule has 2 heteroatoms. The predicted molar refractivity (Wildman–Crippen MR) is 93.2 cm³/mol. The fraction of sp³-hybridized carbons (Fsp3) is 0.143. The summed E-state index contributed by atoms with van der Waals surface area (Å²) in [6.07, 6.45) is 4.36. The molecule has 23 heavy (non-hydrogen) atoms. The molecule has 0 fully saturated rings. The third-order valence-corrected chi connectivity index (χ3v) is 4.59. The van der Waals surface area contributed by atoms with Gasteiger partial charge in [0.05, 0.1) is 0 Å². The van der Waals surface area contributed by atoms with E-state index in [4.69, 9.17) is 0 Å². The smallest absolute Gasteiger partial charge is 0.139 e. The van der Waals surface area contributed by atoms with Gasteiger partial charge in [0.15, 0.2) is 12.4 Å². The van der Waals surface area contributed by atoms with E-state index in [1.54, 1.807) is 0 Å². The molecule has 112 valence electrons. The Morgan fingerprint density at radius 2 is 1.04 bits per heavy atom. The van der Waals surface area contributed by atoms with Crippen LogP contribution in [0.2, 0.25) is 0 Å². The van der Waals surface area contributed by atoms with Gasteiger partial charge in [-0.15, -0.1) is 9.13 Å². The summed E-state index contributed by atoms with van der Waals surface area (Å²) in [6, 6.07) is 21.6. The molecule has 0 saturated carbocycles. The van der Waals surface area contributed by atoms with Gasteiger partial charge < -0.3 is 0 Å². The maximum atomic E-state index is 2.31. The number of benzene rings is 2. The van der Waals surface area contributed by atoms with E-state index in [0.29, 0.717) is 0 Å². The lowest BCUT2D eigenvalue weighted by atomic mass is 10.1. The Balaban J connectivity index is 1.89. The summed E-state index contributed by atoms with van der Waals surface area (Å²) in [6.45, 7) is 5.14. The van der Waals surface area contributed by atoms with Gasteiger partial charge in [0, 0.05) is 35.0 Å². The van der Waals surface area contributed by atoms with Crippen LogP contribution in [0.25, 0.3) is 21.8 Å². The van der Waals surface area contributed by atoms with Crippen molar-refractivity contribution >= 4 is 21.8 Å². The lowest BCUT2D eigenvalue weighted by Crippen LogP contribution is -2.52. The zero-order valence-electron chi connectivity index (χ0n) is 13.5. The Labute approximate surface area is 136 Å². The summed E-state index contributed by atoms with van der Waals surface area (Å²) in [5, 5.41) is 2.62. The van der Waals surface area contributed by atoms with Gasteiger partial charge in [-0.25, -0.2) is 0 Å². The van der Waals surface area contributed by atoms with Crippen LogP contribution in [0.15, 0.2) is 73.1 Å². The first-order chi connectivity index (χ1) is 11.2. The summed E-state index contributed by atoms with van der Waals surface area (Å²) in [5.41, 5.74) is 5.17. The van der Waals surface area contributed by atoms with Crippen molar-refractivity contribution in [2.45, 2.75) is 20.5 Å². The Morgan fingerprint density at radius 1 is 0.609 bits per heavy atom. The normalized spacial score (nSPS) is 11.2. The fourth-order valence-electron chi connectivity index (χ4n) is 3.27. The highest BCUT2D eigenvalue weighted by Crippen LogP contribution is 2.15. The quantitative estimate of drug-likeness (QED) is 0.499. The molecule has 2 heterocycles. The molecule has 0 aliphatic heterocycles. The first kappa shape index (κ1) is 13.9. The van der Waals surface area contributed by atoms with Gasteiger partial charge in [-0.3, -0.25) is 0 Å². The van der Waals surface area contributed by atoms with Crippen molar-refractivity contribution in [2.24, 2.45) is 0 Å². The Bertz CT molecular complexity index is 935. The topological polar surface area (TPSA) is 7.76 Å². The number of hydrogen-bond donors (Lipinski definition) is 0. The maximum absolute atomic E-state index is 2.31. The van der Waals surface area contributed by atoms with Crippen LogP contribution in [-0.2, 0) is 6.67 Å². The molecule has 0 aliphatic carbocycles. The van der Waals surface area contributed by atoms with Crippen molar-refractivity contribution in [3.05, 3.63) is 84.2 Å². The lowest BCUT2D eigenvalue weighted by molar-refractivity contribution is -0.890. The fourth-order valence-corrected chi connectivity index (χ4v) is 3.27. The third kappa shape index (κ3) is 2.36. The van der Waals surface area contributed by atoms with E-state index in [-0.39, 0.29) is 0 Å². The van der Waals surface area contributed by atoms with Gasteiger partial charge in [0.2, 0.25) is 11.0 Å². The molecule has 0 amide bonds. The van der Waals surface area contributed by atoms with E-state index in [1.807, 2.05) is 0 Å². The standard InChI is InChI=1S/C21H20N2/c1-16-11-13-22(20-9-5-3-7-18(16)20)15-23-14-12-17(2)19-8-4-6-10-21(19)23/h3-14H,15H2,1-2H3/q+2. The van der Waals surface area contributed by atoms with Crippen LogP contribution < -0.4 is 9.13 Å². The minimum absolute atomic E-state index is 0.807. The van der Waals surface area contributed by atoms with E-state index >= 15 is 0 Å². The average molecular weight is 300 g/mol. The number of rotatable bonds is 2. The molecular formula is C21H20N2+2. The number of fused-ring (bicyclic) bond motifs is 2. The van der Waals surface area contributed by atoms with Crippen molar-refractivity contribution in [3.63, 3.8) is 0 Å². The van der Waals surface area contributed by atoms with Gasteiger partial charge in [0.25, 0.3) is 0 Å². The molecule has 0 radical (unpaired) electrons. The highest BCUT2D eigenvalue weighted by Gasteiger charge is 2.17. The van der Waals surface area contributed by atoms with Crippen molar-refractivity contribution in [3.8, 4) is 0 Å². The second-order valence-electron chi connectivity index (χ2n) is 6.11. The molecular weight excluding hydrogens is 280 g/mol. The van der Waals surface area contributed by atoms with Crippen molar-refractivity contribution in [1.29, 1.82) is 0 Å². The predicted octanol–water partition coefficient (Wildman–Crippen LogP) is 3.69. The first-order valence-corrected chi connectivity index (χ1v) is 7.99. The van der Waals surface area contributed by atoms with Crippen LogP contribution in [0.5, 0.6) is 0 Å². The minimum Gasteiger partial charge on any atom is -0.139 e. The summed E-state index contributed by atoms with van der Waals surface area (Å²) in [4.78, 5) is 0. The van der Waals surface area contributed by atoms with Crippen molar-refractivity contribution in [1.82, 2.24) is 0 Å². The van der Waals surface area contributed by atoms with Crippen LogP contribution in [0, 0.1) is 13.8 Å². The van der Waals surface area contributed by atoms with Gasteiger partial charge in [-0.2, -0.15) is 0 Å². The maximum Gasteiger partial charge on any atom is 0.344 e. The largest absolute Gasteiger partial charge is 0.344 e. The van der Waals surface area contributed by atoms with Crippen molar-refractivity contribution < 1.29 is 9.13 Å². The number of hydrogen-bond acceptors (Lipinski definition) is 0. The molecule has 0 aliphatic rings. The van der Waals surface area contributed by atoms with Crippen LogP contribution in [0.1, 0.15) is 11.1 Å². The zero-order chi connectivity index (χ0) is 15.8. The van der Waals surface area contributed by atoms with Crippen molar-refractivity contribution in [2.75, 3.05) is 0 Å². The van der Waals surface area contributed by atoms with Gasteiger partial charge in [-0.1, -0.05) is 24.3 Å². The lowest BCUT2D eigenvalue weighted by Gasteiger charge is -2.04. The van der Waals surface area contributed by atoms with E-state index in [0.717, 1.165) is 6.67 Å². The van der Waals surface area contributed by atoms with E-state index in [9.17, 15) is 0 Å². The number of pyridine rings is 2. The van der Waals surface area contributed by atoms with Gasteiger partial charge in [0.1, 0.15) is 0 Å². The number of nitrogens with zero attached hydrogens (tertiary/aromatic N) is 2. The molecule has 4 rings (SSSR count). The SMILES string of the molecule is Cc1cc[n+](C[n+]2ccc(C)c3ccccc32)c2ccccc12. The summed E-state index contributed by atoms with van der Waals surface area (Å²) < 4.78 is 4.62. The Hall–Kier alpha value is -2.74. The average Bonchev–Trinajstić information content (AvgIpc) is 2.60. The molecule has 4 aromatic rings. The van der Waals surface area contributed by atoms with Crippen LogP contribution >= 0.6 is 0 Å². The highest BCUT2D eigenvalue weighted by molar-refractivity contribution is 5.79. The third-order valence-electron chi connectivity index (χ3n) is 4.59. The molecule has 2 aromatic carbocycles. The molecule has 2 aromatic heterocycles. The van der Waals surface area contributed by atoms with Gasteiger partial charge >= 0.3 is 6.67 Å². The monoisotopic (exact) mass is 300 g/mol. The Kier molecular flexibility index (Phi) is 3.30. The second kappa shape index (κ2) is 5.47. The molecule has 0 saturated heterocycles. The van der Waals surface area contributed by atoms with E-state index < -0.39 is 0 Å². The summed E-state index contributed by atoms with van der Waals surface area (Å²) in [5.74, 6) is 0.